The van der Waals surface area contributed by atoms with E-state index in [0.717, 1.165) is 31.6 Å². The molecule has 20 heavy (non-hydrogen) atoms. The molecular formula is C16H23N3O. The van der Waals surface area contributed by atoms with Gasteiger partial charge in [0.15, 0.2) is 0 Å². The first-order chi connectivity index (χ1) is 9.74. The lowest BCUT2D eigenvalue weighted by Gasteiger charge is -2.22. The molecule has 1 atom stereocenters. The molecule has 0 fully saturated rings. The molecule has 1 aromatic heterocycles. The van der Waals surface area contributed by atoms with Crippen LogP contribution in [0.3, 0.4) is 0 Å². The molecule has 0 radical (unpaired) electrons. The lowest BCUT2D eigenvalue weighted by molar-refractivity contribution is 0.0962. The summed E-state index contributed by atoms with van der Waals surface area (Å²) in [7, 11) is 1.71. The summed E-state index contributed by atoms with van der Waals surface area (Å²) in [4.78, 5) is 12.1. The van der Waals surface area contributed by atoms with E-state index < -0.39 is 0 Å². The Hall–Kier alpha value is -1.55. The number of hydrogen-bond acceptors (Lipinski definition) is 2. The fourth-order valence-corrected chi connectivity index (χ4v) is 3.50. The van der Waals surface area contributed by atoms with Crippen LogP contribution in [0.1, 0.15) is 41.4 Å². The molecule has 3 rings (SSSR count). The average molecular weight is 273 g/mol. The second-order valence-electron chi connectivity index (χ2n) is 5.76. The van der Waals surface area contributed by atoms with Crippen LogP contribution in [0, 0.1) is 5.92 Å². The normalized spacial score (nSPS) is 20.9. The summed E-state index contributed by atoms with van der Waals surface area (Å²) in [5.41, 5.74) is 4.79. The summed E-state index contributed by atoms with van der Waals surface area (Å²) in [5.74, 6) is 0.617. The zero-order chi connectivity index (χ0) is 14.1. The Morgan fingerprint density at radius 3 is 3.15 bits per heavy atom. The number of carbonyl (C=O) groups is 1. The van der Waals surface area contributed by atoms with Gasteiger partial charge < -0.3 is 15.2 Å². The van der Waals surface area contributed by atoms with Gasteiger partial charge >= 0.3 is 0 Å². The summed E-state index contributed by atoms with van der Waals surface area (Å²) >= 11 is 0. The number of hydrogen-bond donors (Lipinski definition) is 2. The van der Waals surface area contributed by atoms with Crippen molar-refractivity contribution in [1.82, 2.24) is 15.2 Å². The van der Waals surface area contributed by atoms with Gasteiger partial charge in [0.1, 0.15) is 0 Å². The maximum atomic E-state index is 12.1. The van der Waals surface area contributed by atoms with Gasteiger partial charge in [-0.05, 0) is 29.9 Å². The van der Waals surface area contributed by atoms with E-state index in [9.17, 15) is 4.79 Å². The molecule has 4 heteroatoms. The zero-order valence-electron chi connectivity index (χ0n) is 12.3. The van der Waals surface area contributed by atoms with Crippen molar-refractivity contribution in [1.29, 1.82) is 0 Å². The highest BCUT2D eigenvalue weighted by atomic mass is 16.1. The van der Waals surface area contributed by atoms with E-state index in [4.69, 9.17) is 0 Å². The summed E-state index contributed by atoms with van der Waals surface area (Å²) in [6.45, 7) is 5.05. The van der Waals surface area contributed by atoms with Crippen LogP contribution in [0.25, 0.3) is 5.57 Å². The predicted octanol–water partition coefficient (Wildman–Crippen LogP) is 1.81. The van der Waals surface area contributed by atoms with Gasteiger partial charge in [0.25, 0.3) is 5.91 Å². The van der Waals surface area contributed by atoms with Gasteiger partial charge in [-0.25, -0.2) is 0 Å². The van der Waals surface area contributed by atoms with E-state index in [1.54, 1.807) is 7.05 Å². The molecule has 0 bridgehead atoms. The number of carbonyl (C=O) groups excluding carboxylic acids is 1. The predicted molar refractivity (Wildman–Crippen MR) is 80.8 cm³/mol. The molecule has 1 aliphatic heterocycles. The minimum Gasteiger partial charge on any atom is -0.355 e. The molecule has 1 amide bonds. The van der Waals surface area contributed by atoms with E-state index in [0.29, 0.717) is 5.92 Å². The standard InChI is InChI=1S/C16H23N3O/c1-3-4-11-7-12-9-18-5-6-19-10-14(16(20)17-2)13(8-11)15(12)19/h7,10-11,18H,3-6,8-9H2,1-2H3,(H,17,20). The molecule has 1 unspecified atom stereocenters. The van der Waals surface area contributed by atoms with Crippen LogP contribution in [0.15, 0.2) is 12.3 Å². The molecule has 1 aliphatic carbocycles. The minimum atomic E-state index is 0.0463. The first-order valence-corrected chi connectivity index (χ1v) is 7.60. The second-order valence-corrected chi connectivity index (χ2v) is 5.76. The van der Waals surface area contributed by atoms with Crippen molar-refractivity contribution in [2.45, 2.75) is 32.7 Å². The molecule has 1 aromatic rings. The van der Waals surface area contributed by atoms with Gasteiger partial charge in [-0.3, -0.25) is 4.79 Å². The van der Waals surface area contributed by atoms with Crippen LogP contribution in [-0.4, -0.2) is 30.6 Å². The third-order valence-electron chi connectivity index (χ3n) is 4.37. The van der Waals surface area contributed by atoms with Crippen molar-refractivity contribution in [3.8, 4) is 0 Å². The van der Waals surface area contributed by atoms with Crippen LogP contribution in [0.4, 0.5) is 0 Å². The molecule has 108 valence electrons. The highest BCUT2D eigenvalue weighted by molar-refractivity contribution is 5.97. The zero-order valence-corrected chi connectivity index (χ0v) is 12.3. The maximum Gasteiger partial charge on any atom is 0.252 e. The van der Waals surface area contributed by atoms with Crippen LogP contribution in [0.2, 0.25) is 0 Å². The quantitative estimate of drug-likeness (QED) is 0.882. The number of nitrogens with zero attached hydrogens (tertiary/aromatic N) is 1. The van der Waals surface area contributed by atoms with Crippen molar-refractivity contribution in [3.63, 3.8) is 0 Å². The Balaban J connectivity index is 2.08. The number of nitrogens with one attached hydrogen (secondary N) is 2. The fraction of sp³-hybridized carbons (Fsp3) is 0.562. The van der Waals surface area contributed by atoms with E-state index in [-0.39, 0.29) is 5.91 Å². The van der Waals surface area contributed by atoms with Gasteiger partial charge in [0.05, 0.1) is 5.56 Å². The van der Waals surface area contributed by atoms with Crippen molar-refractivity contribution >= 4 is 11.5 Å². The molecule has 2 N–H and O–H groups in total. The van der Waals surface area contributed by atoms with Gasteiger partial charge in [-0.15, -0.1) is 0 Å². The summed E-state index contributed by atoms with van der Waals surface area (Å²) in [6.07, 6.45) is 7.85. The maximum absolute atomic E-state index is 12.1. The third kappa shape index (κ3) is 2.18. The molecule has 0 saturated heterocycles. The fourth-order valence-electron chi connectivity index (χ4n) is 3.50. The Labute approximate surface area is 120 Å². The van der Waals surface area contributed by atoms with Crippen molar-refractivity contribution in [3.05, 3.63) is 29.1 Å². The largest absolute Gasteiger partial charge is 0.355 e. The molecular weight excluding hydrogens is 250 g/mol. The molecule has 4 nitrogen and oxygen atoms in total. The smallest absolute Gasteiger partial charge is 0.252 e. The Morgan fingerprint density at radius 1 is 1.55 bits per heavy atom. The van der Waals surface area contributed by atoms with E-state index >= 15 is 0 Å². The first-order valence-electron chi connectivity index (χ1n) is 7.60. The Kier molecular flexibility index (Phi) is 3.66. The number of allylic oxidation sites excluding steroid dienone is 1. The molecule has 2 heterocycles. The van der Waals surface area contributed by atoms with Gasteiger partial charge in [0, 0.05) is 38.6 Å². The lowest BCUT2D eigenvalue weighted by atomic mass is 9.84. The van der Waals surface area contributed by atoms with E-state index in [1.807, 2.05) is 6.20 Å². The van der Waals surface area contributed by atoms with Crippen molar-refractivity contribution in [2.75, 3.05) is 20.1 Å². The highest BCUT2D eigenvalue weighted by Gasteiger charge is 2.28. The van der Waals surface area contributed by atoms with Gasteiger partial charge in [0.2, 0.25) is 0 Å². The molecule has 2 aliphatic rings. The number of rotatable bonds is 3. The SMILES string of the molecule is CCCC1C=C2CNCCn3cc(C(=O)NC)c(c32)C1. The second kappa shape index (κ2) is 5.44. The minimum absolute atomic E-state index is 0.0463. The highest BCUT2D eigenvalue weighted by Crippen LogP contribution is 2.35. The van der Waals surface area contributed by atoms with Crippen LogP contribution in [0.5, 0.6) is 0 Å². The van der Waals surface area contributed by atoms with Crippen molar-refractivity contribution < 1.29 is 4.79 Å². The van der Waals surface area contributed by atoms with Crippen molar-refractivity contribution in [2.24, 2.45) is 5.92 Å². The summed E-state index contributed by atoms with van der Waals surface area (Å²) < 4.78 is 2.26. The topological polar surface area (TPSA) is 46.1 Å². The number of amides is 1. The molecule has 0 saturated carbocycles. The van der Waals surface area contributed by atoms with E-state index in [2.05, 4.69) is 28.2 Å². The van der Waals surface area contributed by atoms with E-state index in [1.165, 1.54) is 29.7 Å². The first kappa shape index (κ1) is 13.4. The van der Waals surface area contributed by atoms with Gasteiger partial charge in [-0.1, -0.05) is 19.4 Å². The lowest BCUT2D eigenvalue weighted by Crippen LogP contribution is -2.22. The Bertz CT molecular complexity index is 556. The van der Waals surface area contributed by atoms with Crippen LogP contribution < -0.4 is 10.6 Å². The average Bonchev–Trinajstić information content (AvgIpc) is 2.69. The third-order valence-corrected chi connectivity index (χ3v) is 4.37. The monoisotopic (exact) mass is 273 g/mol. The molecule has 0 spiro atoms. The number of aromatic nitrogens is 1. The van der Waals surface area contributed by atoms with Gasteiger partial charge in [-0.2, -0.15) is 0 Å². The van der Waals surface area contributed by atoms with Crippen LogP contribution >= 0.6 is 0 Å². The molecule has 0 aromatic carbocycles. The summed E-state index contributed by atoms with van der Waals surface area (Å²) in [6, 6.07) is 0. The Morgan fingerprint density at radius 2 is 2.40 bits per heavy atom. The van der Waals surface area contributed by atoms with Crippen LogP contribution in [-0.2, 0) is 13.0 Å². The summed E-state index contributed by atoms with van der Waals surface area (Å²) in [5, 5.41) is 6.26.